The molecule has 8 heteroatoms. The first-order valence-electron chi connectivity index (χ1n) is 8.70. The van der Waals surface area contributed by atoms with Crippen LogP contribution in [0, 0.1) is 0 Å². The highest BCUT2D eigenvalue weighted by molar-refractivity contribution is 6.31. The van der Waals surface area contributed by atoms with E-state index in [1.807, 2.05) is 0 Å². The standard InChI is InChI=1S/C22H13ClF3NO3/c23-13-4-8-18(29)16(10-13)20-15-9-12(22(24,25)26)3-7-17(15)27-21(30)19(20)11-1-5-14(28)6-2-11/h1-10,28-29H,(H,27,30). The molecular formula is C22H13ClF3NO3. The van der Waals surface area contributed by atoms with Crippen molar-refractivity contribution >= 4 is 22.5 Å². The zero-order chi connectivity index (χ0) is 21.6. The largest absolute Gasteiger partial charge is 0.508 e. The maximum absolute atomic E-state index is 13.4. The van der Waals surface area contributed by atoms with Crippen molar-refractivity contribution in [2.75, 3.05) is 0 Å². The number of hydrogen-bond donors (Lipinski definition) is 3. The smallest absolute Gasteiger partial charge is 0.416 e. The number of nitrogens with one attached hydrogen (secondary N) is 1. The summed E-state index contributed by atoms with van der Waals surface area (Å²) in [5, 5.41) is 20.3. The Kier molecular flexibility index (Phi) is 4.70. The highest BCUT2D eigenvalue weighted by atomic mass is 35.5. The lowest BCUT2D eigenvalue weighted by Gasteiger charge is -2.16. The van der Waals surface area contributed by atoms with Crippen LogP contribution in [0.5, 0.6) is 11.5 Å². The predicted octanol–water partition coefficient (Wildman–Crippen LogP) is 5.95. The molecule has 0 radical (unpaired) electrons. The van der Waals surface area contributed by atoms with E-state index in [0.717, 1.165) is 12.1 Å². The first-order chi connectivity index (χ1) is 14.1. The molecule has 1 aromatic heterocycles. The van der Waals surface area contributed by atoms with Crippen LogP contribution in [-0.2, 0) is 6.18 Å². The zero-order valence-electron chi connectivity index (χ0n) is 15.1. The molecule has 1 heterocycles. The van der Waals surface area contributed by atoms with Crippen molar-refractivity contribution in [2.45, 2.75) is 6.18 Å². The Labute approximate surface area is 172 Å². The van der Waals surface area contributed by atoms with Crippen LogP contribution in [-0.4, -0.2) is 15.2 Å². The number of aromatic amines is 1. The van der Waals surface area contributed by atoms with E-state index in [1.54, 1.807) is 0 Å². The third-order valence-corrected chi connectivity index (χ3v) is 4.96. The number of benzene rings is 3. The first-order valence-corrected chi connectivity index (χ1v) is 9.08. The van der Waals surface area contributed by atoms with Crippen molar-refractivity contribution in [1.82, 2.24) is 4.98 Å². The molecule has 0 unspecified atom stereocenters. The maximum atomic E-state index is 13.4. The van der Waals surface area contributed by atoms with Gasteiger partial charge in [0.2, 0.25) is 0 Å². The van der Waals surface area contributed by atoms with Crippen LogP contribution < -0.4 is 5.56 Å². The molecule has 30 heavy (non-hydrogen) atoms. The zero-order valence-corrected chi connectivity index (χ0v) is 15.8. The summed E-state index contributed by atoms with van der Waals surface area (Å²) in [4.78, 5) is 15.5. The van der Waals surface area contributed by atoms with Gasteiger partial charge in [0.05, 0.1) is 11.1 Å². The molecule has 0 aliphatic rings. The molecule has 0 fully saturated rings. The number of rotatable bonds is 2. The summed E-state index contributed by atoms with van der Waals surface area (Å²) in [7, 11) is 0. The van der Waals surface area contributed by atoms with Gasteiger partial charge in [0.25, 0.3) is 5.56 Å². The summed E-state index contributed by atoms with van der Waals surface area (Å²) in [6.07, 6.45) is -4.60. The van der Waals surface area contributed by atoms with Gasteiger partial charge in [-0.1, -0.05) is 23.7 Å². The normalized spacial score (nSPS) is 11.7. The fourth-order valence-corrected chi connectivity index (χ4v) is 3.53. The molecule has 0 aliphatic carbocycles. The van der Waals surface area contributed by atoms with Crippen molar-refractivity contribution in [3.05, 3.63) is 81.6 Å². The molecule has 0 bridgehead atoms. The van der Waals surface area contributed by atoms with Gasteiger partial charge in [-0.25, -0.2) is 0 Å². The molecule has 0 aliphatic heterocycles. The van der Waals surface area contributed by atoms with E-state index in [-0.39, 0.29) is 44.1 Å². The molecule has 3 aromatic carbocycles. The van der Waals surface area contributed by atoms with Gasteiger partial charge in [-0.05, 0) is 54.1 Å². The third kappa shape index (κ3) is 3.48. The van der Waals surface area contributed by atoms with Gasteiger partial charge >= 0.3 is 6.18 Å². The SMILES string of the molecule is O=c1[nH]c2ccc(C(F)(F)F)cc2c(-c2cc(Cl)ccc2O)c1-c1ccc(O)cc1. The average Bonchev–Trinajstić information content (AvgIpc) is 2.69. The highest BCUT2D eigenvalue weighted by Gasteiger charge is 2.31. The van der Waals surface area contributed by atoms with Crippen LogP contribution in [0.4, 0.5) is 13.2 Å². The number of halogens is 4. The third-order valence-electron chi connectivity index (χ3n) is 4.73. The molecule has 4 rings (SSSR count). The first kappa shape index (κ1) is 19.8. The lowest BCUT2D eigenvalue weighted by Crippen LogP contribution is -2.12. The number of phenols is 2. The van der Waals surface area contributed by atoms with Crippen molar-refractivity contribution in [3.63, 3.8) is 0 Å². The minimum atomic E-state index is -4.60. The van der Waals surface area contributed by atoms with Crippen LogP contribution >= 0.6 is 11.6 Å². The van der Waals surface area contributed by atoms with Gasteiger partial charge in [0, 0.05) is 27.1 Å². The van der Waals surface area contributed by atoms with E-state index in [9.17, 15) is 28.2 Å². The molecule has 0 saturated heterocycles. The van der Waals surface area contributed by atoms with E-state index in [4.69, 9.17) is 11.6 Å². The number of pyridine rings is 1. The second kappa shape index (κ2) is 7.11. The monoisotopic (exact) mass is 431 g/mol. The van der Waals surface area contributed by atoms with E-state index < -0.39 is 17.3 Å². The molecule has 0 atom stereocenters. The number of aromatic hydroxyl groups is 2. The summed E-state index contributed by atoms with van der Waals surface area (Å²) in [5.74, 6) is -0.286. The van der Waals surface area contributed by atoms with Crippen LogP contribution in [0.3, 0.4) is 0 Å². The fraction of sp³-hybridized carbons (Fsp3) is 0.0455. The van der Waals surface area contributed by atoms with Crippen molar-refractivity contribution in [2.24, 2.45) is 0 Å². The number of H-pyrrole nitrogens is 1. The average molecular weight is 432 g/mol. The molecule has 152 valence electrons. The fourth-order valence-electron chi connectivity index (χ4n) is 3.36. The highest BCUT2D eigenvalue weighted by Crippen LogP contribution is 2.42. The van der Waals surface area contributed by atoms with Gasteiger partial charge in [-0.2, -0.15) is 13.2 Å². The molecule has 4 aromatic rings. The number of fused-ring (bicyclic) bond motifs is 1. The second-order valence-corrected chi connectivity index (χ2v) is 7.11. The number of hydrogen-bond acceptors (Lipinski definition) is 3. The topological polar surface area (TPSA) is 73.3 Å². The Bertz CT molecular complexity index is 1330. The Balaban J connectivity index is 2.19. The van der Waals surface area contributed by atoms with E-state index >= 15 is 0 Å². The minimum absolute atomic E-state index is 0.0394. The van der Waals surface area contributed by atoms with Crippen LogP contribution in [0.2, 0.25) is 5.02 Å². The lowest BCUT2D eigenvalue weighted by atomic mass is 9.91. The van der Waals surface area contributed by atoms with Gasteiger partial charge in [0.1, 0.15) is 11.5 Å². The molecule has 0 saturated carbocycles. The molecular weight excluding hydrogens is 419 g/mol. The summed E-state index contributed by atoms with van der Waals surface area (Å²) in [6.45, 7) is 0. The lowest BCUT2D eigenvalue weighted by molar-refractivity contribution is -0.137. The van der Waals surface area contributed by atoms with Crippen LogP contribution in [0.25, 0.3) is 33.2 Å². The van der Waals surface area contributed by atoms with Gasteiger partial charge in [0.15, 0.2) is 0 Å². The summed E-state index contributed by atoms with van der Waals surface area (Å²) >= 11 is 6.07. The quantitative estimate of drug-likeness (QED) is 0.367. The second-order valence-electron chi connectivity index (χ2n) is 6.67. The molecule has 3 N–H and O–H groups in total. The minimum Gasteiger partial charge on any atom is -0.508 e. The predicted molar refractivity (Wildman–Crippen MR) is 109 cm³/mol. The Morgan fingerprint density at radius 1 is 0.867 bits per heavy atom. The Morgan fingerprint density at radius 2 is 1.57 bits per heavy atom. The Morgan fingerprint density at radius 3 is 2.23 bits per heavy atom. The molecule has 0 spiro atoms. The van der Waals surface area contributed by atoms with Gasteiger partial charge in [-0.15, -0.1) is 0 Å². The van der Waals surface area contributed by atoms with Crippen LogP contribution in [0.15, 0.2) is 65.5 Å². The summed E-state index contributed by atoms with van der Waals surface area (Å²) in [6, 6.07) is 12.7. The Hall–Kier alpha value is -3.45. The number of phenolic OH excluding ortho intramolecular Hbond substituents is 2. The molecule has 4 nitrogen and oxygen atoms in total. The maximum Gasteiger partial charge on any atom is 0.416 e. The number of aromatic nitrogens is 1. The van der Waals surface area contributed by atoms with Crippen molar-refractivity contribution in [1.29, 1.82) is 0 Å². The van der Waals surface area contributed by atoms with Gasteiger partial charge < -0.3 is 15.2 Å². The van der Waals surface area contributed by atoms with E-state index in [1.165, 1.54) is 48.5 Å². The van der Waals surface area contributed by atoms with Crippen LogP contribution in [0.1, 0.15) is 5.56 Å². The van der Waals surface area contributed by atoms with E-state index in [2.05, 4.69) is 4.98 Å². The summed E-state index contributed by atoms with van der Waals surface area (Å²) in [5.41, 5.74) is -0.692. The summed E-state index contributed by atoms with van der Waals surface area (Å²) < 4.78 is 40.1. The van der Waals surface area contributed by atoms with Crippen molar-refractivity contribution in [3.8, 4) is 33.8 Å². The van der Waals surface area contributed by atoms with Gasteiger partial charge in [-0.3, -0.25) is 4.79 Å². The van der Waals surface area contributed by atoms with E-state index in [0.29, 0.717) is 5.56 Å². The number of alkyl halides is 3. The molecule has 0 amide bonds. The van der Waals surface area contributed by atoms with Crippen molar-refractivity contribution < 1.29 is 23.4 Å².